The van der Waals surface area contributed by atoms with Gasteiger partial charge in [-0.1, -0.05) is 12.1 Å². The summed E-state index contributed by atoms with van der Waals surface area (Å²) in [6, 6.07) is 8.55. The minimum absolute atomic E-state index is 0.318. The quantitative estimate of drug-likeness (QED) is 0.851. The molecule has 0 fully saturated rings. The molecule has 0 saturated carbocycles. The number of pyridine rings is 1. The number of rotatable bonds is 3. The van der Waals surface area contributed by atoms with Crippen LogP contribution in [0.25, 0.3) is 0 Å². The van der Waals surface area contributed by atoms with E-state index in [0.29, 0.717) is 6.04 Å². The Hall–Kier alpha value is -1.35. The van der Waals surface area contributed by atoms with Crippen molar-refractivity contribution in [3.05, 3.63) is 46.3 Å². The maximum atomic E-state index is 4.32. The summed E-state index contributed by atoms with van der Waals surface area (Å²) in [6.07, 6.45) is 1.82. The Morgan fingerprint density at radius 2 is 2.20 bits per heavy atom. The number of nitrogens with one attached hydrogen (secondary N) is 1. The van der Waals surface area contributed by atoms with Gasteiger partial charge in [0.2, 0.25) is 0 Å². The molecule has 0 radical (unpaired) electrons. The molecule has 0 aliphatic rings. The SMILES string of the molecule is Cc1cccnc1NC(C)c1cccs1. The second-order valence-electron chi connectivity index (χ2n) is 3.55. The summed E-state index contributed by atoms with van der Waals surface area (Å²) in [5.41, 5.74) is 1.18. The molecule has 0 aromatic carbocycles. The third-order valence-corrected chi connectivity index (χ3v) is 3.39. The normalized spacial score (nSPS) is 12.4. The molecule has 2 aromatic heterocycles. The molecule has 0 saturated heterocycles. The van der Waals surface area contributed by atoms with Gasteiger partial charge >= 0.3 is 0 Å². The molecule has 0 aliphatic heterocycles. The zero-order valence-corrected chi connectivity index (χ0v) is 9.71. The monoisotopic (exact) mass is 218 g/mol. The van der Waals surface area contributed by atoms with Crippen molar-refractivity contribution in [2.24, 2.45) is 0 Å². The minimum Gasteiger partial charge on any atom is -0.363 e. The fraction of sp³-hybridized carbons (Fsp3) is 0.250. The van der Waals surface area contributed by atoms with E-state index in [0.717, 1.165) is 5.82 Å². The standard InChI is InChI=1S/C12H14N2S/c1-9-5-3-7-13-12(9)14-10(2)11-6-4-8-15-11/h3-8,10H,1-2H3,(H,13,14). The zero-order chi connectivity index (χ0) is 10.7. The number of aromatic nitrogens is 1. The van der Waals surface area contributed by atoms with E-state index in [2.05, 4.69) is 47.7 Å². The highest BCUT2D eigenvalue weighted by Crippen LogP contribution is 2.23. The van der Waals surface area contributed by atoms with Crippen molar-refractivity contribution in [3.8, 4) is 0 Å². The summed E-state index contributed by atoms with van der Waals surface area (Å²) in [5.74, 6) is 0.971. The van der Waals surface area contributed by atoms with Crippen LogP contribution in [-0.2, 0) is 0 Å². The molecule has 3 heteroatoms. The van der Waals surface area contributed by atoms with E-state index >= 15 is 0 Å². The lowest BCUT2D eigenvalue weighted by atomic mass is 10.2. The predicted octanol–water partition coefficient (Wildman–Crippen LogP) is 3.62. The fourth-order valence-corrected chi connectivity index (χ4v) is 2.19. The molecule has 15 heavy (non-hydrogen) atoms. The van der Waals surface area contributed by atoms with E-state index in [1.165, 1.54) is 10.4 Å². The van der Waals surface area contributed by atoms with E-state index in [1.807, 2.05) is 12.3 Å². The first-order chi connectivity index (χ1) is 7.27. The summed E-state index contributed by atoms with van der Waals surface area (Å²) in [5, 5.41) is 5.51. The van der Waals surface area contributed by atoms with Crippen LogP contribution in [0, 0.1) is 6.92 Å². The van der Waals surface area contributed by atoms with Crippen LogP contribution in [0.15, 0.2) is 35.8 Å². The lowest BCUT2D eigenvalue weighted by Crippen LogP contribution is -2.07. The van der Waals surface area contributed by atoms with Crippen molar-refractivity contribution in [2.75, 3.05) is 5.32 Å². The molecular weight excluding hydrogens is 204 g/mol. The maximum Gasteiger partial charge on any atom is 0.129 e. The first-order valence-electron chi connectivity index (χ1n) is 4.99. The van der Waals surface area contributed by atoms with Crippen molar-refractivity contribution in [3.63, 3.8) is 0 Å². The Labute approximate surface area is 94.0 Å². The van der Waals surface area contributed by atoms with Crippen molar-refractivity contribution >= 4 is 17.2 Å². The molecule has 78 valence electrons. The molecule has 0 bridgehead atoms. The van der Waals surface area contributed by atoms with E-state index in [-0.39, 0.29) is 0 Å². The van der Waals surface area contributed by atoms with Crippen LogP contribution in [0.3, 0.4) is 0 Å². The number of anilines is 1. The summed E-state index contributed by atoms with van der Waals surface area (Å²) >= 11 is 1.77. The second kappa shape index (κ2) is 4.45. The van der Waals surface area contributed by atoms with E-state index in [9.17, 15) is 0 Å². The van der Waals surface area contributed by atoms with Gasteiger partial charge in [0.05, 0.1) is 6.04 Å². The van der Waals surface area contributed by atoms with E-state index in [4.69, 9.17) is 0 Å². The van der Waals surface area contributed by atoms with Crippen LogP contribution in [0.5, 0.6) is 0 Å². The molecule has 1 unspecified atom stereocenters. The van der Waals surface area contributed by atoms with Gasteiger partial charge in [-0.2, -0.15) is 0 Å². The van der Waals surface area contributed by atoms with Crippen molar-refractivity contribution in [2.45, 2.75) is 19.9 Å². The number of hydrogen-bond acceptors (Lipinski definition) is 3. The Bertz CT molecular complexity index is 423. The highest BCUT2D eigenvalue weighted by molar-refractivity contribution is 7.10. The molecular formula is C12H14N2S. The van der Waals surface area contributed by atoms with E-state index < -0.39 is 0 Å². The first kappa shape index (κ1) is 10.2. The van der Waals surface area contributed by atoms with Gasteiger partial charge < -0.3 is 5.32 Å². The lowest BCUT2D eigenvalue weighted by Gasteiger charge is -2.14. The molecule has 2 aromatic rings. The van der Waals surface area contributed by atoms with Gasteiger partial charge in [-0.05, 0) is 36.9 Å². The molecule has 2 heterocycles. The lowest BCUT2D eigenvalue weighted by molar-refractivity contribution is 0.893. The summed E-state index contributed by atoms with van der Waals surface area (Å²) < 4.78 is 0. The van der Waals surface area contributed by atoms with Crippen molar-refractivity contribution in [1.82, 2.24) is 4.98 Å². The van der Waals surface area contributed by atoms with Gasteiger partial charge in [-0.15, -0.1) is 11.3 Å². The fourth-order valence-electron chi connectivity index (χ4n) is 1.45. The van der Waals surface area contributed by atoms with Crippen LogP contribution < -0.4 is 5.32 Å². The average molecular weight is 218 g/mol. The van der Waals surface area contributed by atoms with Gasteiger partial charge in [0.25, 0.3) is 0 Å². The minimum atomic E-state index is 0.318. The second-order valence-corrected chi connectivity index (χ2v) is 4.53. The van der Waals surface area contributed by atoms with Crippen LogP contribution in [0.2, 0.25) is 0 Å². The van der Waals surface area contributed by atoms with Crippen LogP contribution in [0.1, 0.15) is 23.4 Å². The molecule has 0 spiro atoms. The third kappa shape index (κ3) is 2.36. The van der Waals surface area contributed by atoms with Crippen molar-refractivity contribution < 1.29 is 0 Å². The number of nitrogens with zero attached hydrogens (tertiary/aromatic N) is 1. The summed E-state index contributed by atoms with van der Waals surface area (Å²) in [6.45, 7) is 4.22. The summed E-state index contributed by atoms with van der Waals surface area (Å²) in [4.78, 5) is 5.66. The average Bonchev–Trinajstić information content (AvgIpc) is 2.74. The van der Waals surface area contributed by atoms with E-state index in [1.54, 1.807) is 11.3 Å². The number of thiophene rings is 1. The van der Waals surface area contributed by atoms with Gasteiger partial charge in [0, 0.05) is 11.1 Å². The first-order valence-corrected chi connectivity index (χ1v) is 5.87. The summed E-state index contributed by atoms with van der Waals surface area (Å²) in [7, 11) is 0. The Kier molecular flexibility index (Phi) is 3.02. The highest BCUT2D eigenvalue weighted by Gasteiger charge is 2.07. The Morgan fingerprint density at radius 3 is 2.87 bits per heavy atom. The molecule has 2 nitrogen and oxygen atoms in total. The van der Waals surface area contributed by atoms with Crippen LogP contribution in [-0.4, -0.2) is 4.98 Å². The topological polar surface area (TPSA) is 24.9 Å². The molecule has 1 atom stereocenters. The van der Waals surface area contributed by atoms with Gasteiger partial charge in [-0.3, -0.25) is 0 Å². The number of aryl methyl sites for hydroxylation is 1. The van der Waals surface area contributed by atoms with Crippen LogP contribution >= 0.6 is 11.3 Å². The number of hydrogen-bond donors (Lipinski definition) is 1. The molecule has 1 N–H and O–H groups in total. The maximum absolute atomic E-state index is 4.32. The largest absolute Gasteiger partial charge is 0.363 e. The van der Waals surface area contributed by atoms with Gasteiger partial charge in [-0.25, -0.2) is 4.98 Å². The molecule has 2 rings (SSSR count). The van der Waals surface area contributed by atoms with Gasteiger partial charge in [0.15, 0.2) is 0 Å². The predicted molar refractivity (Wildman–Crippen MR) is 65.3 cm³/mol. The smallest absolute Gasteiger partial charge is 0.129 e. The van der Waals surface area contributed by atoms with Crippen molar-refractivity contribution in [1.29, 1.82) is 0 Å². The third-order valence-electron chi connectivity index (χ3n) is 2.33. The molecule has 0 aliphatic carbocycles. The van der Waals surface area contributed by atoms with Gasteiger partial charge in [0.1, 0.15) is 5.82 Å². The highest BCUT2D eigenvalue weighted by atomic mass is 32.1. The Morgan fingerprint density at radius 1 is 1.33 bits per heavy atom. The zero-order valence-electron chi connectivity index (χ0n) is 8.90. The van der Waals surface area contributed by atoms with Crippen LogP contribution in [0.4, 0.5) is 5.82 Å². The Balaban J connectivity index is 2.13. The molecule has 0 amide bonds.